The van der Waals surface area contributed by atoms with E-state index in [9.17, 15) is 0 Å². The van der Waals surface area contributed by atoms with Crippen molar-refractivity contribution < 1.29 is 0 Å². The number of nitrogen functional groups attached to an aromatic ring is 2. The quantitative estimate of drug-likeness (QED) is 0.790. The van der Waals surface area contributed by atoms with Crippen molar-refractivity contribution in [3.8, 4) is 0 Å². The van der Waals surface area contributed by atoms with E-state index < -0.39 is 0 Å². The third-order valence-electron chi connectivity index (χ3n) is 2.87. The lowest BCUT2D eigenvalue weighted by Crippen LogP contribution is -1.90. The van der Waals surface area contributed by atoms with E-state index in [1.807, 2.05) is 36.4 Å². The van der Waals surface area contributed by atoms with Crippen LogP contribution < -0.4 is 11.5 Å². The molecule has 2 rings (SSSR count). The summed E-state index contributed by atoms with van der Waals surface area (Å²) in [5.74, 6) is 0. The minimum Gasteiger partial charge on any atom is -0.399 e. The minimum absolute atomic E-state index is 0.903. The minimum atomic E-state index is 0.903. The number of aryl methyl sites for hydroxylation is 2. The monoisotopic (exact) mass is 242 g/mol. The van der Waals surface area contributed by atoms with E-state index in [0.29, 0.717) is 0 Å². The van der Waals surface area contributed by atoms with E-state index in [1.54, 1.807) is 0 Å². The molecule has 0 aliphatic carbocycles. The molecule has 0 aliphatic heterocycles. The summed E-state index contributed by atoms with van der Waals surface area (Å²) >= 11 is 0. The largest absolute Gasteiger partial charge is 0.399 e. The van der Waals surface area contributed by atoms with E-state index in [4.69, 9.17) is 11.5 Å². The zero-order valence-electron chi connectivity index (χ0n) is 11.2. The fourth-order valence-electron chi connectivity index (χ4n) is 1.71. The second-order valence-electron chi connectivity index (χ2n) is 4.10. The highest BCUT2D eigenvalue weighted by atomic mass is 14.6. The van der Waals surface area contributed by atoms with Gasteiger partial charge in [-0.1, -0.05) is 50.2 Å². The third kappa shape index (κ3) is 4.13. The van der Waals surface area contributed by atoms with Crippen molar-refractivity contribution in [2.24, 2.45) is 0 Å². The number of hydrogen-bond acceptors (Lipinski definition) is 2. The van der Waals surface area contributed by atoms with E-state index in [-0.39, 0.29) is 0 Å². The predicted molar refractivity (Wildman–Crippen MR) is 80.5 cm³/mol. The van der Waals surface area contributed by atoms with Crippen LogP contribution in [-0.2, 0) is 12.8 Å². The van der Waals surface area contributed by atoms with Crippen LogP contribution in [0.3, 0.4) is 0 Å². The highest BCUT2D eigenvalue weighted by Crippen LogP contribution is 2.10. The van der Waals surface area contributed by atoms with Crippen LogP contribution in [0.4, 0.5) is 11.4 Å². The zero-order valence-corrected chi connectivity index (χ0v) is 11.2. The molecular weight excluding hydrogens is 220 g/mol. The molecule has 4 N–H and O–H groups in total. The molecule has 2 nitrogen and oxygen atoms in total. The molecule has 0 radical (unpaired) electrons. The number of anilines is 2. The maximum atomic E-state index is 5.63. The van der Waals surface area contributed by atoms with Gasteiger partial charge in [0.15, 0.2) is 0 Å². The maximum Gasteiger partial charge on any atom is 0.0346 e. The van der Waals surface area contributed by atoms with Crippen LogP contribution in [0.25, 0.3) is 0 Å². The zero-order chi connectivity index (χ0) is 13.4. The summed E-state index contributed by atoms with van der Waals surface area (Å²) < 4.78 is 0. The second kappa shape index (κ2) is 7.38. The van der Waals surface area contributed by atoms with Crippen molar-refractivity contribution in [1.82, 2.24) is 0 Å². The van der Waals surface area contributed by atoms with Gasteiger partial charge in [0.1, 0.15) is 0 Å². The highest BCUT2D eigenvalue weighted by molar-refractivity contribution is 5.46. The number of benzene rings is 2. The van der Waals surface area contributed by atoms with Crippen molar-refractivity contribution in [2.75, 3.05) is 11.5 Å². The van der Waals surface area contributed by atoms with Crippen molar-refractivity contribution in [2.45, 2.75) is 26.7 Å². The fourth-order valence-corrected chi connectivity index (χ4v) is 1.71. The molecule has 0 saturated heterocycles. The van der Waals surface area contributed by atoms with Gasteiger partial charge in [-0.25, -0.2) is 0 Å². The topological polar surface area (TPSA) is 52.0 Å². The lowest BCUT2D eigenvalue weighted by molar-refractivity contribution is 1.14. The summed E-state index contributed by atoms with van der Waals surface area (Å²) in [7, 11) is 0. The van der Waals surface area contributed by atoms with Crippen LogP contribution in [0.15, 0.2) is 48.5 Å². The summed E-state index contributed by atoms with van der Waals surface area (Å²) in [4.78, 5) is 0. The molecule has 0 saturated carbocycles. The first kappa shape index (κ1) is 14.1. The smallest absolute Gasteiger partial charge is 0.0346 e. The Kier molecular flexibility index (Phi) is 5.78. The van der Waals surface area contributed by atoms with E-state index in [1.165, 1.54) is 11.1 Å². The van der Waals surface area contributed by atoms with E-state index >= 15 is 0 Å². The Morgan fingerprint density at radius 2 is 1.00 bits per heavy atom. The summed E-state index contributed by atoms with van der Waals surface area (Å²) in [5, 5.41) is 0. The maximum absolute atomic E-state index is 5.63. The fraction of sp³-hybridized carbons (Fsp3) is 0.250. The van der Waals surface area contributed by atoms with E-state index in [0.717, 1.165) is 24.2 Å². The van der Waals surface area contributed by atoms with Gasteiger partial charge in [0.25, 0.3) is 0 Å². The summed E-state index contributed by atoms with van der Waals surface area (Å²) in [5.41, 5.74) is 15.5. The number of nitrogens with two attached hydrogens (primary N) is 2. The van der Waals surface area contributed by atoms with Gasteiger partial charge in [-0.2, -0.15) is 0 Å². The Hall–Kier alpha value is -1.96. The molecule has 2 aromatic rings. The van der Waals surface area contributed by atoms with E-state index in [2.05, 4.69) is 26.0 Å². The number of para-hydroxylation sites is 2. The average Bonchev–Trinajstić information content (AvgIpc) is 2.41. The molecule has 2 heteroatoms. The Balaban J connectivity index is 0.000000180. The molecule has 96 valence electrons. The lowest BCUT2D eigenvalue weighted by Gasteiger charge is -1.98. The number of hydrogen-bond donors (Lipinski definition) is 2. The number of rotatable bonds is 2. The van der Waals surface area contributed by atoms with Crippen LogP contribution in [0.2, 0.25) is 0 Å². The van der Waals surface area contributed by atoms with Crippen molar-refractivity contribution in [1.29, 1.82) is 0 Å². The Morgan fingerprint density at radius 3 is 1.22 bits per heavy atom. The van der Waals surface area contributed by atoms with Gasteiger partial charge in [-0.15, -0.1) is 0 Å². The first-order valence-electron chi connectivity index (χ1n) is 6.35. The molecule has 0 fully saturated rings. The molecule has 0 atom stereocenters. The molecule has 0 unspecified atom stereocenters. The molecule has 0 spiro atoms. The summed E-state index contributed by atoms with van der Waals surface area (Å²) in [6.45, 7) is 4.21. The summed E-state index contributed by atoms with van der Waals surface area (Å²) in [6.07, 6.45) is 2.04. The van der Waals surface area contributed by atoms with Crippen LogP contribution in [-0.4, -0.2) is 0 Å². The molecule has 18 heavy (non-hydrogen) atoms. The highest BCUT2D eigenvalue weighted by Gasteiger charge is 1.91. The summed E-state index contributed by atoms with van der Waals surface area (Å²) in [6, 6.07) is 15.9. The third-order valence-corrected chi connectivity index (χ3v) is 2.87. The van der Waals surface area contributed by atoms with Gasteiger partial charge in [-0.3, -0.25) is 0 Å². The first-order valence-corrected chi connectivity index (χ1v) is 6.35. The molecule has 0 heterocycles. The van der Waals surface area contributed by atoms with Gasteiger partial charge >= 0.3 is 0 Å². The first-order chi connectivity index (χ1) is 8.69. The van der Waals surface area contributed by atoms with Crippen LogP contribution in [0, 0.1) is 0 Å². The van der Waals surface area contributed by atoms with Crippen molar-refractivity contribution in [3.63, 3.8) is 0 Å². The van der Waals surface area contributed by atoms with Crippen LogP contribution >= 0.6 is 0 Å². The molecule has 0 aromatic heterocycles. The van der Waals surface area contributed by atoms with Crippen LogP contribution in [0.1, 0.15) is 25.0 Å². The molecule has 2 aromatic carbocycles. The molecular formula is C16H22N2. The Bertz CT molecular complexity index is 433. The molecule has 0 amide bonds. The standard InChI is InChI=1S/2C8H11N/c2*1-2-7-5-3-4-6-8(7)9/h2*3-6H,2,9H2,1H3. The molecule has 0 aliphatic rings. The Labute approximate surface area is 110 Å². The normalized spacial score (nSPS) is 9.44. The van der Waals surface area contributed by atoms with Crippen LogP contribution in [0.5, 0.6) is 0 Å². The average molecular weight is 242 g/mol. The van der Waals surface area contributed by atoms with Gasteiger partial charge < -0.3 is 11.5 Å². The molecule has 0 bridgehead atoms. The van der Waals surface area contributed by atoms with Gasteiger partial charge in [0, 0.05) is 11.4 Å². The van der Waals surface area contributed by atoms with Gasteiger partial charge in [-0.05, 0) is 36.1 Å². The van der Waals surface area contributed by atoms with Gasteiger partial charge in [0.05, 0.1) is 0 Å². The Morgan fingerprint density at radius 1 is 0.667 bits per heavy atom. The lowest BCUT2D eigenvalue weighted by atomic mass is 10.1. The second-order valence-corrected chi connectivity index (χ2v) is 4.10. The van der Waals surface area contributed by atoms with Crippen molar-refractivity contribution >= 4 is 11.4 Å². The van der Waals surface area contributed by atoms with Gasteiger partial charge in [0.2, 0.25) is 0 Å². The van der Waals surface area contributed by atoms with Crippen molar-refractivity contribution in [3.05, 3.63) is 59.7 Å². The predicted octanol–water partition coefficient (Wildman–Crippen LogP) is 3.66. The SMILES string of the molecule is CCc1ccccc1N.CCc1ccccc1N.